The molecule has 1 atom stereocenters. The van der Waals surface area contributed by atoms with E-state index in [1.807, 2.05) is 24.8 Å². The maximum absolute atomic E-state index is 12.8. The van der Waals surface area contributed by atoms with E-state index >= 15 is 0 Å². The quantitative estimate of drug-likeness (QED) is 0.735. The third-order valence-corrected chi connectivity index (χ3v) is 7.30. The normalized spacial score (nSPS) is 16.4. The minimum absolute atomic E-state index is 0.0515. The molecular formula is C23H31N3O3S. The van der Waals surface area contributed by atoms with Gasteiger partial charge in [-0.25, -0.2) is 13.1 Å². The molecule has 6 nitrogen and oxygen atoms in total. The van der Waals surface area contributed by atoms with Gasteiger partial charge in [-0.15, -0.1) is 0 Å². The summed E-state index contributed by atoms with van der Waals surface area (Å²) < 4.78 is 27.4. The Bertz CT molecular complexity index is 965. The largest absolute Gasteiger partial charge is 0.336 e. The molecule has 0 bridgehead atoms. The molecule has 0 saturated carbocycles. The van der Waals surface area contributed by atoms with Gasteiger partial charge >= 0.3 is 0 Å². The number of rotatable bonds is 7. The molecule has 1 aliphatic heterocycles. The van der Waals surface area contributed by atoms with E-state index in [0.29, 0.717) is 25.1 Å². The van der Waals surface area contributed by atoms with E-state index in [-0.39, 0.29) is 16.8 Å². The van der Waals surface area contributed by atoms with Gasteiger partial charge in [-0.05, 0) is 55.7 Å². The first kappa shape index (κ1) is 22.5. The van der Waals surface area contributed by atoms with Gasteiger partial charge in [0, 0.05) is 44.3 Å². The lowest BCUT2D eigenvalue weighted by Gasteiger charge is -2.35. The van der Waals surface area contributed by atoms with E-state index in [9.17, 15) is 13.2 Å². The second-order valence-corrected chi connectivity index (χ2v) is 9.66. The maximum atomic E-state index is 12.8. The van der Waals surface area contributed by atoms with Crippen molar-refractivity contribution >= 4 is 15.9 Å². The topological polar surface area (TPSA) is 69.7 Å². The highest BCUT2D eigenvalue weighted by molar-refractivity contribution is 7.89. The molecule has 7 heteroatoms. The lowest BCUT2D eigenvalue weighted by molar-refractivity contribution is 0.0628. The van der Waals surface area contributed by atoms with Gasteiger partial charge in [0.05, 0.1) is 4.90 Å². The van der Waals surface area contributed by atoms with Crippen molar-refractivity contribution in [2.24, 2.45) is 0 Å². The minimum atomic E-state index is -3.56. The van der Waals surface area contributed by atoms with Crippen molar-refractivity contribution in [2.45, 2.75) is 44.7 Å². The molecule has 1 amide bonds. The SMILES string of the molecule is CC[C@H](C)NS(=O)(=O)c1ccc(C(=O)N2CCN(Cc3ccccc3C)CC2)cc1. The number of nitrogens with one attached hydrogen (secondary N) is 1. The lowest BCUT2D eigenvalue weighted by Crippen LogP contribution is -2.48. The predicted molar refractivity (Wildman–Crippen MR) is 119 cm³/mol. The highest BCUT2D eigenvalue weighted by Crippen LogP contribution is 2.16. The maximum Gasteiger partial charge on any atom is 0.253 e. The highest BCUT2D eigenvalue weighted by Gasteiger charge is 2.23. The fourth-order valence-electron chi connectivity index (χ4n) is 3.51. The molecule has 30 heavy (non-hydrogen) atoms. The van der Waals surface area contributed by atoms with Crippen LogP contribution in [0.1, 0.15) is 41.8 Å². The van der Waals surface area contributed by atoms with E-state index in [2.05, 4.69) is 34.7 Å². The molecule has 1 aliphatic rings. The number of hydrogen-bond acceptors (Lipinski definition) is 4. The average Bonchev–Trinajstić information content (AvgIpc) is 2.75. The summed E-state index contributed by atoms with van der Waals surface area (Å²) in [6, 6.07) is 14.5. The molecule has 0 spiro atoms. The van der Waals surface area contributed by atoms with Crippen molar-refractivity contribution in [1.29, 1.82) is 0 Å². The van der Waals surface area contributed by atoms with Gasteiger partial charge in [-0.3, -0.25) is 9.69 Å². The van der Waals surface area contributed by atoms with Gasteiger partial charge in [0.2, 0.25) is 10.0 Å². The Hall–Kier alpha value is -2.22. The fraction of sp³-hybridized carbons (Fsp3) is 0.435. The summed E-state index contributed by atoms with van der Waals surface area (Å²) in [6.45, 7) is 9.75. The molecule has 3 rings (SSSR count). The molecule has 0 aromatic heterocycles. The number of carbonyl (C=O) groups excluding carboxylic acids is 1. The van der Waals surface area contributed by atoms with E-state index in [1.165, 1.54) is 23.3 Å². The first-order chi connectivity index (χ1) is 14.3. The molecule has 0 aliphatic carbocycles. The highest BCUT2D eigenvalue weighted by atomic mass is 32.2. The Morgan fingerprint density at radius 3 is 2.27 bits per heavy atom. The summed E-state index contributed by atoms with van der Waals surface area (Å²) in [6.07, 6.45) is 0.714. The second-order valence-electron chi connectivity index (χ2n) is 7.95. The van der Waals surface area contributed by atoms with Crippen molar-refractivity contribution in [3.05, 3.63) is 65.2 Å². The number of amides is 1. The van der Waals surface area contributed by atoms with Crippen LogP contribution in [0.2, 0.25) is 0 Å². The molecule has 0 radical (unpaired) electrons. The van der Waals surface area contributed by atoms with Crippen LogP contribution in [-0.2, 0) is 16.6 Å². The van der Waals surface area contributed by atoms with Crippen LogP contribution in [0.15, 0.2) is 53.4 Å². The Morgan fingerprint density at radius 2 is 1.67 bits per heavy atom. The number of piperazine rings is 1. The number of nitrogens with zero attached hydrogens (tertiary/aromatic N) is 2. The van der Waals surface area contributed by atoms with Crippen LogP contribution in [0.5, 0.6) is 0 Å². The number of sulfonamides is 1. The lowest BCUT2D eigenvalue weighted by atomic mass is 10.1. The summed E-state index contributed by atoms with van der Waals surface area (Å²) >= 11 is 0. The first-order valence-corrected chi connectivity index (χ1v) is 12.0. The Balaban J connectivity index is 1.58. The van der Waals surface area contributed by atoms with E-state index < -0.39 is 10.0 Å². The molecular weight excluding hydrogens is 398 g/mol. The van der Waals surface area contributed by atoms with Gasteiger partial charge in [0.1, 0.15) is 0 Å². The summed E-state index contributed by atoms with van der Waals surface area (Å²) in [5.41, 5.74) is 3.12. The molecule has 1 saturated heterocycles. The fourth-order valence-corrected chi connectivity index (χ4v) is 4.84. The number of carbonyl (C=O) groups is 1. The predicted octanol–water partition coefficient (Wildman–Crippen LogP) is 3.03. The molecule has 2 aromatic rings. The van der Waals surface area contributed by atoms with E-state index in [4.69, 9.17) is 0 Å². The Labute approximate surface area is 179 Å². The summed E-state index contributed by atoms with van der Waals surface area (Å²) in [7, 11) is -3.56. The smallest absolute Gasteiger partial charge is 0.253 e. The number of benzene rings is 2. The monoisotopic (exact) mass is 429 g/mol. The molecule has 0 unspecified atom stereocenters. The third kappa shape index (κ3) is 5.47. The third-order valence-electron chi connectivity index (χ3n) is 5.69. The molecule has 1 N–H and O–H groups in total. The number of hydrogen-bond donors (Lipinski definition) is 1. The first-order valence-electron chi connectivity index (χ1n) is 10.5. The van der Waals surface area contributed by atoms with Crippen molar-refractivity contribution in [3.63, 3.8) is 0 Å². The Kier molecular flexibility index (Phi) is 7.28. The number of aryl methyl sites for hydroxylation is 1. The van der Waals surface area contributed by atoms with Crippen LogP contribution in [0.3, 0.4) is 0 Å². The average molecular weight is 430 g/mol. The minimum Gasteiger partial charge on any atom is -0.336 e. The van der Waals surface area contributed by atoms with E-state index in [0.717, 1.165) is 19.6 Å². The van der Waals surface area contributed by atoms with Crippen LogP contribution >= 0.6 is 0 Å². The van der Waals surface area contributed by atoms with Gasteiger partial charge in [0.25, 0.3) is 5.91 Å². The zero-order valence-electron chi connectivity index (χ0n) is 18.0. The van der Waals surface area contributed by atoms with Crippen molar-refractivity contribution in [3.8, 4) is 0 Å². The van der Waals surface area contributed by atoms with Crippen molar-refractivity contribution < 1.29 is 13.2 Å². The van der Waals surface area contributed by atoms with Gasteiger partial charge < -0.3 is 4.90 Å². The zero-order chi connectivity index (χ0) is 21.7. The summed E-state index contributed by atoms with van der Waals surface area (Å²) in [5.74, 6) is -0.0515. The van der Waals surface area contributed by atoms with Crippen LogP contribution < -0.4 is 4.72 Å². The van der Waals surface area contributed by atoms with Crippen LogP contribution in [-0.4, -0.2) is 56.3 Å². The van der Waals surface area contributed by atoms with Crippen LogP contribution in [0.4, 0.5) is 0 Å². The van der Waals surface area contributed by atoms with E-state index in [1.54, 1.807) is 12.1 Å². The van der Waals surface area contributed by atoms with Crippen molar-refractivity contribution in [1.82, 2.24) is 14.5 Å². The Morgan fingerprint density at radius 1 is 1.03 bits per heavy atom. The zero-order valence-corrected chi connectivity index (χ0v) is 18.8. The van der Waals surface area contributed by atoms with Gasteiger partial charge in [-0.2, -0.15) is 0 Å². The van der Waals surface area contributed by atoms with Gasteiger partial charge in [0.15, 0.2) is 0 Å². The van der Waals surface area contributed by atoms with Crippen LogP contribution in [0, 0.1) is 6.92 Å². The molecule has 2 aromatic carbocycles. The molecule has 162 valence electrons. The van der Waals surface area contributed by atoms with Crippen molar-refractivity contribution in [2.75, 3.05) is 26.2 Å². The molecule has 1 fully saturated rings. The van der Waals surface area contributed by atoms with Crippen LogP contribution in [0.25, 0.3) is 0 Å². The summed E-state index contributed by atoms with van der Waals surface area (Å²) in [4.78, 5) is 17.2. The molecule has 1 heterocycles. The van der Waals surface area contributed by atoms with Gasteiger partial charge in [-0.1, -0.05) is 31.2 Å². The summed E-state index contributed by atoms with van der Waals surface area (Å²) in [5, 5.41) is 0. The standard InChI is InChI=1S/C23H31N3O3S/c1-4-19(3)24-30(28,29)22-11-9-20(10-12-22)23(27)26-15-13-25(14-16-26)17-21-8-6-5-7-18(21)2/h5-12,19,24H,4,13-17H2,1-3H3/t19-/m0/s1. The second kappa shape index (κ2) is 9.73.